The van der Waals surface area contributed by atoms with Crippen LogP contribution in [0.25, 0.3) is 10.9 Å². The monoisotopic (exact) mass is 161 g/mol. The van der Waals surface area contributed by atoms with Crippen molar-refractivity contribution in [3.05, 3.63) is 30.5 Å². The second-order valence-corrected chi connectivity index (χ2v) is 2.38. The molecule has 2 rings (SSSR count). The number of carboxylic acid groups (broad SMARTS) is 1. The van der Waals surface area contributed by atoms with Crippen LogP contribution in [0.1, 0.15) is 0 Å². The zero-order valence-electron chi connectivity index (χ0n) is 6.10. The van der Waals surface area contributed by atoms with Gasteiger partial charge in [-0.15, -0.1) is 0 Å². The minimum atomic E-state index is -1.31. The lowest BCUT2D eigenvalue weighted by Crippen LogP contribution is -2.29. The van der Waals surface area contributed by atoms with Crippen molar-refractivity contribution in [3.8, 4) is 0 Å². The third kappa shape index (κ3) is 0.852. The maximum atomic E-state index is 10.5. The molecule has 0 bridgehead atoms. The molecule has 0 amide bonds. The minimum Gasteiger partial charge on any atom is -0.528 e. The zero-order chi connectivity index (χ0) is 8.55. The van der Waals surface area contributed by atoms with Gasteiger partial charge in [0.05, 0.1) is 11.7 Å². The number of benzene rings is 1. The third-order valence-electron chi connectivity index (χ3n) is 1.65. The van der Waals surface area contributed by atoms with Crippen molar-refractivity contribution in [2.45, 2.75) is 0 Å². The van der Waals surface area contributed by atoms with Gasteiger partial charge in [-0.25, -0.2) is 4.68 Å². The summed E-state index contributed by atoms with van der Waals surface area (Å²) < 4.78 is 0.843. The van der Waals surface area contributed by atoms with Gasteiger partial charge >= 0.3 is 0 Å². The van der Waals surface area contributed by atoms with Gasteiger partial charge in [-0.1, -0.05) is 18.2 Å². The number of nitrogens with zero attached hydrogens (tertiary/aromatic N) is 2. The van der Waals surface area contributed by atoms with Crippen LogP contribution >= 0.6 is 0 Å². The van der Waals surface area contributed by atoms with E-state index in [-0.39, 0.29) is 0 Å². The van der Waals surface area contributed by atoms with Gasteiger partial charge in [0, 0.05) is 5.39 Å². The first kappa shape index (κ1) is 6.84. The lowest BCUT2D eigenvalue weighted by molar-refractivity contribution is -0.251. The Morgan fingerprint density at radius 1 is 1.42 bits per heavy atom. The molecule has 0 aliphatic carbocycles. The molecule has 4 heteroatoms. The number of rotatable bonds is 0. The molecule has 0 spiro atoms. The second kappa shape index (κ2) is 2.34. The zero-order valence-corrected chi connectivity index (χ0v) is 6.10. The maximum absolute atomic E-state index is 10.5. The van der Waals surface area contributed by atoms with Crippen molar-refractivity contribution in [1.29, 1.82) is 0 Å². The summed E-state index contributed by atoms with van der Waals surface area (Å²) in [6.45, 7) is 0. The van der Waals surface area contributed by atoms with E-state index in [9.17, 15) is 9.90 Å². The van der Waals surface area contributed by atoms with Crippen molar-refractivity contribution in [3.63, 3.8) is 0 Å². The average molecular weight is 161 g/mol. The van der Waals surface area contributed by atoms with Crippen LogP contribution in [0.2, 0.25) is 0 Å². The van der Waals surface area contributed by atoms with Gasteiger partial charge in [-0.05, 0) is 6.07 Å². The lowest BCUT2D eigenvalue weighted by atomic mass is 10.3. The molecule has 0 unspecified atom stereocenters. The lowest BCUT2D eigenvalue weighted by Gasteiger charge is -2.01. The first-order chi connectivity index (χ1) is 5.79. The predicted molar refractivity (Wildman–Crippen MR) is 40.5 cm³/mol. The smallest absolute Gasteiger partial charge is 0.164 e. The van der Waals surface area contributed by atoms with Crippen LogP contribution in [0.5, 0.6) is 0 Å². The van der Waals surface area contributed by atoms with E-state index in [1.807, 2.05) is 6.07 Å². The summed E-state index contributed by atoms with van der Waals surface area (Å²) in [6, 6.07) is 7.05. The fourth-order valence-corrected chi connectivity index (χ4v) is 1.12. The summed E-state index contributed by atoms with van der Waals surface area (Å²) in [7, 11) is 0. The summed E-state index contributed by atoms with van der Waals surface area (Å²) >= 11 is 0. The van der Waals surface area contributed by atoms with Crippen molar-refractivity contribution in [1.82, 2.24) is 9.78 Å². The van der Waals surface area contributed by atoms with E-state index in [1.54, 1.807) is 18.2 Å². The Kier molecular flexibility index (Phi) is 1.33. The Labute approximate surface area is 68.0 Å². The highest BCUT2D eigenvalue weighted by Gasteiger charge is 1.99. The molecular weight excluding hydrogens is 156 g/mol. The second-order valence-electron chi connectivity index (χ2n) is 2.38. The van der Waals surface area contributed by atoms with E-state index < -0.39 is 6.09 Å². The first-order valence-electron chi connectivity index (χ1n) is 3.43. The van der Waals surface area contributed by atoms with E-state index in [0.717, 1.165) is 10.1 Å². The van der Waals surface area contributed by atoms with E-state index in [2.05, 4.69) is 5.10 Å². The molecule has 2 aromatic rings. The summed E-state index contributed by atoms with van der Waals surface area (Å²) in [5.74, 6) is 0. The first-order valence-corrected chi connectivity index (χ1v) is 3.43. The average Bonchev–Trinajstić information content (AvgIpc) is 2.47. The highest BCUT2D eigenvalue weighted by atomic mass is 16.4. The molecule has 4 nitrogen and oxygen atoms in total. The van der Waals surface area contributed by atoms with Crippen molar-refractivity contribution in [2.75, 3.05) is 0 Å². The number of fused-ring (bicyclic) bond motifs is 1. The Hall–Kier alpha value is -1.84. The van der Waals surface area contributed by atoms with Gasteiger partial charge in [0.2, 0.25) is 0 Å². The molecular formula is C8H5N2O2-. The molecule has 0 saturated carbocycles. The fourth-order valence-electron chi connectivity index (χ4n) is 1.12. The molecule has 12 heavy (non-hydrogen) atoms. The van der Waals surface area contributed by atoms with Crippen LogP contribution in [0, 0.1) is 0 Å². The van der Waals surface area contributed by atoms with Crippen LogP contribution < -0.4 is 5.11 Å². The van der Waals surface area contributed by atoms with Gasteiger partial charge in [-0.3, -0.25) is 0 Å². The van der Waals surface area contributed by atoms with E-state index in [4.69, 9.17) is 0 Å². The molecule has 0 N–H and O–H groups in total. The summed E-state index contributed by atoms with van der Waals surface area (Å²) in [4.78, 5) is 10.5. The summed E-state index contributed by atoms with van der Waals surface area (Å²) in [5.41, 5.74) is 0.553. The van der Waals surface area contributed by atoms with Gasteiger partial charge in [0.25, 0.3) is 0 Å². The van der Waals surface area contributed by atoms with E-state index in [1.165, 1.54) is 6.20 Å². The Morgan fingerprint density at radius 2 is 2.17 bits per heavy atom. The molecule has 1 aromatic heterocycles. The van der Waals surface area contributed by atoms with Gasteiger partial charge < -0.3 is 9.90 Å². The molecule has 0 atom stereocenters. The molecule has 1 aromatic carbocycles. The highest BCUT2D eigenvalue weighted by Crippen LogP contribution is 2.11. The number of hydrogen-bond acceptors (Lipinski definition) is 3. The summed E-state index contributed by atoms with van der Waals surface area (Å²) in [6.07, 6.45) is 0.182. The van der Waals surface area contributed by atoms with Gasteiger partial charge in [0.1, 0.15) is 0 Å². The maximum Gasteiger partial charge on any atom is 0.164 e. The topological polar surface area (TPSA) is 57.9 Å². The SMILES string of the molecule is O=C([O-])n1ncc2ccccc21. The highest BCUT2D eigenvalue weighted by molar-refractivity contribution is 5.85. The Morgan fingerprint density at radius 3 is 2.92 bits per heavy atom. The van der Waals surface area contributed by atoms with Crippen LogP contribution in [0.3, 0.4) is 0 Å². The molecule has 1 heterocycles. The molecule has 0 aliphatic heterocycles. The number of aromatic nitrogens is 2. The predicted octanol–water partition coefficient (Wildman–Crippen LogP) is 0.228. The van der Waals surface area contributed by atoms with Crippen LogP contribution in [0.4, 0.5) is 4.79 Å². The fraction of sp³-hybridized carbons (Fsp3) is 0. The largest absolute Gasteiger partial charge is 0.528 e. The normalized spacial score (nSPS) is 10.3. The van der Waals surface area contributed by atoms with Crippen LogP contribution in [-0.2, 0) is 0 Å². The van der Waals surface area contributed by atoms with Crippen LogP contribution in [-0.4, -0.2) is 15.9 Å². The van der Waals surface area contributed by atoms with E-state index >= 15 is 0 Å². The van der Waals surface area contributed by atoms with Gasteiger partial charge in [0.15, 0.2) is 6.09 Å². The number of carbonyl (C=O) groups excluding carboxylic acids is 1. The van der Waals surface area contributed by atoms with Crippen molar-refractivity contribution >= 4 is 17.0 Å². The quantitative estimate of drug-likeness (QED) is 0.555. The van der Waals surface area contributed by atoms with Gasteiger partial charge in [-0.2, -0.15) is 5.10 Å². The molecule has 0 saturated heterocycles. The minimum absolute atomic E-state index is 0.553. The Balaban J connectivity index is 2.79. The summed E-state index contributed by atoms with van der Waals surface area (Å²) in [5, 5.41) is 14.9. The number of hydrogen-bond donors (Lipinski definition) is 0. The number of para-hydroxylation sites is 1. The Bertz CT molecular complexity index is 433. The molecule has 0 fully saturated rings. The van der Waals surface area contributed by atoms with Crippen LogP contribution in [0.15, 0.2) is 30.5 Å². The third-order valence-corrected chi connectivity index (χ3v) is 1.65. The molecule has 0 aliphatic rings. The van der Waals surface area contributed by atoms with E-state index in [0.29, 0.717) is 5.52 Å². The number of carbonyl (C=O) groups is 1. The van der Waals surface area contributed by atoms with Crippen molar-refractivity contribution in [2.24, 2.45) is 0 Å². The standard InChI is InChI=1S/C8H6N2O2/c11-8(12)10-7-4-2-1-3-6(7)5-9-10/h1-5H,(H,11,12)/p-1. The molecule has 0 radical (unpaired) electrons. The molecule has 60 valence electrons. The van der Waals surface area contributed by atoms with Crippen molar-refractivity contribution < 1.29 is 9.90 Å².